The van der Waals surface area contributed by atoms with Crippen LogP contribution in [0.2, 0.25) is 10.0 Å². The predicted octanol–water partition coefficient (Wildman–Crippen LogP) is 3.34. The highest BCUT2D eigenvalue weighted by Crippen LogP contribution is 2.28. The van der Waals surface area contributed by atoms with Gasteiger partial charge in [0.15, 0.2) is 0 Å². The highest BCUT2D eigenvalue weighted by atomic mass is 35.5. The standard InChI is InChI=1S/C9H10Cl2FNO/c1-5(13-14-2)6-3-9(12)8(11)4-7(6)10/h3-5,13H,1-2H3. The first-order valence-electron chi connectivity index (χ1n) is 3.99. The summed E-state index contributed by atoms with van der Waals surface area (Å²) >= 11 is 11.4. The van der Waals surface area contributed by atoms with Crippen LogP contribution in [0.15, 0.2) is 12.1 Å². The minimum atomic E-state index is -0.490. The molecule has 0 saturated heterocycles. The molecular formula is C9H10Cl2FNO. The molecule has 0 radical (unpaired) electrons. The zero-order chi connectivity index (χ0) is 10.7. The number of rotatable bonds is 3. The van der Waals surface area contributed by atoms with Crippen LogP contribution in [0.3, 0.4) is 0 Å². The molecule has 1 unspecified atom stereocenters. The molecule has 5 heteroatoms. The van der Waals surface area contributed by atoms with Crippen molar-refractivity contribution in [3.05, 3.63) is 33.6 Å². The molecule has 0 bridgehead atoms. The Balaban J connectivity index is 3.02. The molecule has 0 aliphatic carbocycles. The fourth-order valence-corrected chi connectivity index (χ4v) is 1.66. The van der Waals surface area contributed by atoms with Crippen molar-refractivity contribution < 1.29 is 9.23 Å². The average Bonchev–Trinajstić information content (AvgIpc) is 2.11. The van der Waals surface area contributed by atoms with Crippen LogP contribution >= 0.6 is 23.2 Å². The molecule has 0 heterocycles. The van der Waals surface area contributed by atoms with Crippen LogP contribution in [-0.2, 0) is 4.84 Å². The van der Waals surface area contributed by atoms with Crippen molar-refractivity contribution in [2.75, 3.05) is 7.11 Å². The quantitative estimate of drug-likeness (QED) is 0.644. The number of halogens is 3. The second kappa shape index (κ2) is 4.94. The van der Waals surface area contributed by atoms with E-state index in [9.17, 15) is 4.39 Å². The van der Waals surface area contributed by atoms with Gasteiger partial charge in [-0.2, -0.15) is 5.48 Å². The summed E-state index contributed by atoms with van der Waals surface area (Å²) in [7, 11) is 1.48. The fourth-order valence-electron chi connectivity index (χ4n) is 1.11. The van der Waals surface area contributed by atoms with Crippen molar-refractivity contribution in [1.29, 1.82) is 0 Å². The molecule has 14 heavy (non-hydrogen) atoms. The van der Waals surface area contributed by atoms with Gasteiger partial charge in [0.25, 0.3) is 0 Å². The number of benzene rings is 1. The first kappa shape index (κ1) is 11.7. The Morgan fingerprint density at radius 2 is 2.00 bits per heavy atom. The van der Waals surface area contributed by atoms with Crippen molar-refractivity contribution in [3.63, 3.8) is 0 Å². The molecular weight excluding hydrogens is 228 g/mol. The SMILES string of the molecule is CONC(C)c1cc(F)c(Cl)cc1Cl. The van der Waals surface area contributed by atoms with E-state index in [4.69, 9.17) is 28.0 Å². The molecule has 1 aromatic carbocycles. The maximum absolute atomic E-state index is 13.1. The van der Waals surface area contributed by atoms with Crippen molar-refractivity contribution in [2.24, 2.45) is 0 Å². The van der Waals surface area contributed by atoms with Crippen LogP contribution in [0.25, 0.3) is 0 Å². The lowest BCUT2D eigenvalue weighted by molar-refractivity contribution is 0.0658. The van der Waals surface area contributed by atoms with Gasteiger partial charge in [0, 0.05) is 5.02 Å². The van der Waals surface area contributed by atoms with Gasteiger partial charge in [-0.15, -0.1) is 0 Å². The van der Waals surface area contributed by atoms with Gasteiger partial charge in [-0.25, -0.2) is 4.39 Å². The van der Waals surface area contributed by atoms with Crippen LogP contribution in [0.4, 0.5) is 4.39 Å². The van der Waals surface area contributed by atoms with Gasteiger partial charge in [0.2, 0.25) is 0 Å². The van der Waals surface area contributed by atoms with E-state index < -0.39 is 5.82 Å². The third-order valence-electron chi connectivity index (χ3n) is 1.80. The zero-order valence-corrected chi connectivity index (χ0v) is 9.29. The maximum Gasteiger partial charge on any atom is 0.142 e. The summed E-state index contributed by atoms with van der Waals surface area (Å²) in [5.41, 5.74) is 3.26. The molecule has 0 spiro atoms. The molecule has 1 N–H and O–H groups in total. The summed E-state index contributed by atoms with van der Waals surface area (Å²) in [6, 6.07) is 2.47. The maximum atomic E-state index is 13.1. The molecule has 0 saturated carbocycles. The molecule has 0 fully saturated rings. The first-order valence-corrected chi connectivity index (χ1v) is 4.74. The van der Waals surface area contributed by atoms with E-state index in [1.54, 1.807) is 6.92 Å². The van der Waals surface area contributed by atoms with E-state index >= 15 is 0 Å². The highest BCUT2D eigenvalue weighted by Gasteiger charge is 2.12. The van der Waals surface area contributed by atoms with Crippen molar-refractivity contribution in [2.45, 2.75) is 13.0 Å². The lowest BCUT2D eigenvalue weighted by Gasteiger charge is -2.14. The van der Waals surface area contributed by atoms with E-state index in [1.807, 2.05) is 0 Å². The molecule has 78 valence electrons. The van der Waals surface area contributed by atoms with Gasteiger partial charge in [-0.1, -0.05) is 23.2 Å². The molecule has 1 atom stereocenters. The van der Waals surface area contributed by atoms with Crippen LogP contribution in [0.5, 0.6) is 0 Å². The Bertz CT molecular complexity index is 333. The topological polar surface area (TPSA) is 21.3 Å². The van der Waals surface area contributed by atoms with E-state index in [-0.39, 0.29) is 11.1 Å². The van der Waals surface area contributed by atoms with E-state index in [0.29, 0.717) is 10.6 Å². The van der Waals surface area contributed by atoms with Crippen LogP contribution in [0.1, 0.15) is 18.5 Å². The summed E-state index contributed by atoms with van der Waals surface area (Å²) in [5.74, 6) is -0.490. The van der Waals surface area contributed by atoms with Crippen LogP contribution in [-0.4, -0.2) is 7.11 Å². The monoisotopic (exact) mass is 237 g/mol. The molecule has 0 aliphatic heterocycles. The van der Waals surface area contributed by atoms with E-state index in [0.717, 1.165) is 0 Å². The molecule has 1 rings (SSSR count). The van der Waals surface area contributed by atoms with Gasteiger partial charge in [0.05, 0.1) is 18.2 Å². The summed E-state index contributed by atoms with van der Waals surface area (Å²) in [6.07, 6.45) is 0. The second-order valence-corrected chi connectivity index (χ2v) is 3.65. The number of hydrogen-bond acceptors (Lipinski definition) is 2. The van der Waals surface area contributed by atoms with Gasteiger partial charge in [0.1, 0.15) is 5.82 Å². The number of hydrogen-bond donors (Lipinski definition) is 1. The van der Waals surface area contributed by atoms with Crippen molar-refractivity contribution >= 4 is 23.2 Å². The molecule has 1 aromatic rings. The van der Waals surface area contributed by atoms with Gasteiger partial charge >= 0.3 is 0 Å². The molecule has 0 aliphatic rings. The average molecular weight is 238 g/mol. The third kappa shape index (κ3) is 2.58. The molecule has 0 aromatic heterocycles. The summed E-state index contributed by atoms with van der Waals surface area (Å²) in [5, 5.41) is 0.428. The molecule has 2 nitrogen and oxygen atoms in total. The Morgan fingerprint density at radius 1 is 1.36 bits per heavy atom. The second-order valence-electron chi connectivity index (χ2n) is 2.83. The normalized spacial score (nSPS) is 12.9. The van der Waals surface area contributed by atoms with Crippen molar-refractivity contribution in [1.82, 2.24) is 5.48 Å². The highest BCUT2D eigenvalue weighted by molar-refractivity contribution is 6.35. The van der Waals surface area contributed by atoms with E-state index in [2.05, 4.69) is 5.48 Å². The van der Waals surface area contributed by atoms with Gasteiger partial charge in [-0.05, 0) is 24.6 Å². The number of nitrogens with one attached hydrogen (secondary N) is 1. The largest absolute Gasteiger partial charge is 0.305 e. The van der Waals surface area contributed by atoms with Gasteiger partial charge in [-0.3, -0.25) is 0 Å². The summed E-state index contributed by atoms with van der Waals surface area (Å²) in [6.45, 7) is 1.80. The minimum Gasteiger partial charge on any atom is -0.305 e. The minimum absolute atomic E-state index is 0.0170. The van der Waals surface area contributed by atoms with Crippen molar-refractivity contribution in [3.8, 4) is 0 Å². The van der Waals surface area contributed by atoms with Crippen LogP contribution < -0.4 is 5.48 Å². The predicted molar refractivity (Wildman–Crippen MR) is 55.0 cm³/mol. The Hall–Kier alpha value is -0.350. The molecule has 0 amide bonds. The Kier molecular flexibility index (Phi) is 4.13. The number of hydroxylamine groups is 1. The summed E-state index contributed by atoms with van der Waals surface area (Å²) in [4.78, 5) is 4.72. The smallest absolute Gasteiger partial charge is 0.142 e. The Labute approximate surface area is 91.9 Å². The zero-order valence-electron chi connectivity index (χ0n) is 7.77. The summed E-state index contributed by atoms with van der Waals surface area (Å²) < 4.78 is 13.1. The van der Waals surface area contributed by atoms with Crippen LogP contribution in [0, 0.1) is 5.82 Å². The lowest BCUT2D eigenvalue weighted by Crippen LogP contribution is -2.17. The lowest BCUT2D eigenvalue weighted by atomic mass is 10.1. The first-order chi connectivity index (χ1) is 6.56. The fraction of sp³-hybridized carbons (Fsp3) is 0.333. The van der Waals surface area contributed by atoms with Gasteiger partial charge < -0.3 is 4.84 Å². The van der Waals surface area contributed by atoms with E-state index in [1.165, 1.54) is 19.2 Å². The Morgan fingerprint density at radius 3 is 2.57 bits per heavy atom. The third-order valence-corrected chi connectivity index (χ3v) is 2.42.